The molecule has 0 fully saturated rings. The number of rotatable bonds is 3. The van der Waals surface area contributed by atoms with Crippen LogP contribution >= 0.6 is 0 Å². The van der Waals surface area contributed by atoms with Crippen LogP contribution in [-0.2, 0) is 12.8 Å². The van der Waals surface area contributed by atoms with Gasteiger partial charge in [0.1, 0.15) is 0 Å². The second-order valence-electron chi connectivity index (χ2n) is 5.36. The van der Waals surface area contributed by atoms with Crippen molar-refractivity contribution < 1.29 is 0 Å². The molecule has 1 aromatic rings. The number of hydrogen-bond donors (Lipinski definition) is 1. The van der Waals surface area contributed by atoms with Gasteiger partial charge in [-0.25, -0.2) is 0 Å². The van der Waals surface area contributed by atoms with E-state index in [0.29, 0.717) is 0 Å². The molecule has 1 aliphatic heterocycles. The molecule has 1 heteroatoms. The molecule has 0 saturated heterocycles. The van der Waals surface area contributed by atoms with Gasteiger partial charge in [-0.2, -0.15) is 0 Å². The van der Waals surface area contributed by atoms with Crippen LogP contribution in [0.5, 0.6) is 0 Å². The third-order valence-corrected chi connectivity index (χ3v) is 3.70. The smallest absolute Gasteiger partial charge is 0.0405 e. The van der Waals surface area contributed by atoms with E-state index in [1.54, 1.807) is 0 Å². The van der Waals surface area contributed by atoms with E-state index in [0.717, 1.165) is 18.4 Å². The molecule has 2 rings (SSSR count). The SMILES string of the molecule is CCC(C)Cc1cccc2c1NCC(C)C2. The van der Waals surface area contributed by atoms with Crippen molar-refractivity contribution in [1.82, 2.24) is 0 Å². The predicted molar refractivity (Wildman–Crippen MR) is 71.0 cm³/mol. The first kappa shape index (κ1) is 11.5. The van der Waals surface area contributed by atoms with E-state index in [2.05, 4.69) is 44.3 Å². The van der Waals surface area contributed by atoms with E-state index < -0.39 is 0 Å². The first-order valence-electron chi connectivity index (χ1n) is 6.55. The molecule has 2 atom stereocenters. The van der Waals surface area contributed by atoms with Gasteiger partial charge in [-0.1, -0.05) is 45.4 Å². The fourth-order valence-corrected chi connectivity index (χ4v) is 2.46. The van der Waals surface area contributed by atoms with E-state index in [9.17, 15) is 0 Å². The molecule has 0 spiro atoms. The first-order chi connectivity index (χ1) is 7.70. The molecule has 0 amide bonds. The van der Waals surface area contributed by atoms with Gasteiger partial charge in [0.2, 0.25) is 0 Å². The number of anilines is 1. The number of hydrogen-bond acceptors (Lipinski definition) is 1. The zero-order chi connectivity index (χ0) is 11.5. The fraction of sp³-hybridized carbons (Fsp3) is 0.600. The van der Waals surface area contributed by atoms with Crippen LogP contribution in [0.3, 0.4) is 0 Å². The van der Waals surface area contributed by atoms with Crippen LogP contribution in [0, 0.1) is 11.8 Å². The molecular formula is C15H23N. The Balaban J connectivity index is 2.23. The van der Waals surface area contributed by atoms with Crippen molar-refractivity contribution in [2.45, 2.75) is 40.0 Å². The molecule has 1 N–H and O–H groups in total. The first-order valence-corrected chi connectivity index (χ1v) is 6.55. The van der Waals surface area contributed by atoms with E-state index in [1.807, 2.05) is 0 Å². The molecular weight excluding hydrogens is 194 g/mol. The monoisotopic (exact) mass is 217 g/mol. The van der Waals surface area contributed by atoms with Crippen LogP contribution in [0.4, 0.5) is 5.69 Å². The molecule has 0 radical (unpaired) electrons. The lowest BCUT2D eigenvalue weighted by atomic mass is 9.90. The molecule has 88 valence electrons. The number of fused-ring (bicyclic) bond motifs is 1. The summed E-state index contributed by atoms with van der Waals surface area (Å²) in [5.74, 6) is 1.55. The Morgan fingerprint density at radius 2 is 2.25 bits per heavy atom. The average Bonchev–Trinajstić information content (AvgIpc) is 2.28. The van der Waals surface area contributed by atoms with Gasteiger partial charge in [0, 0.05) is 12.2 Å². The van der Waals surface area contributed by atoms with E-state index in [-0.39, 0.29) is 0 Å². The molecule has 0 saturated carbocycles. The Labute approximate surface area is 99.3 Å². The van der Waals surface area contributed by atoms with E-state index >= 15 is 0 Å². The van der Waals surface area contributed by atoms with Gasteiger partial charge < -0.3 is 5.32 Å². The normalized spacial score (nSPS) is 21.1. The van der Waals surface area contributed by atoms with Crippen molar-refractivity contribution in [2.24, 2.45) is 11.8 Å². The summed E-state index contributed by atoms with van der Waals surface area (Å²) in [7, 11) is 0. The summed E-state index contributed by atoms with van der Waals surface area (Å²) in [5.41, 5.74) is 4.46. The molecule has 0 aliphatic carbocycles. The fourth-order valence-electron chi connectivity index (χ4n) is 2.46. The lowest BCUT2D eigenvalue weighted by Gasteiger charge is -2.26. The van der Waals surface area contributed by atoms with Crippen molar-refractivity contribution in [3.63, 3.8) is 0 Å². The molecule has 0 bridgehead atoms. The van der Waals surface area contributed by atoms with Crippen molar-refractivity contribution in [3.8, 4) is 0 Å². The second kappa shape index (κ2) is 4.90. The van der Waals surface area contributed by atoms with Crippen LogP contribution in [0.25, 0.3) is 0 Å². The average molecular weight is 217 g/mol. The van der Waals surface area contributed by atoms with Crippen LogP contribution in [0.2, 0.25) is 0 Å². The van der Waals surface area contributed by atoms with Crippen molar-refractivity contribution >= 4 is 5.69 Å². The summed E-state index contributed by atoms with van der Waals surface area (Å²) in [6.45, 7) is 8.06. The summed E-state index contributed by atoms with van der Waals surface area (Å²) in [6.07, 6.45) is 3.71. The highest BCUT2D eigenvalue weighted by Gasteiger charge is 2.17. The molecule has 16 heavy (non-hydrogen) atoms. The van der Waals surface area contributed by atoms with Gasteiger partial charge in [0.25, 0.3) is 0 Å². The third kappa shape index (κ3) is 2.40. The van der Waals surface area contributed by atoms with E-state index in [1.165, 1.54) is 36.1 Å². The minimum absolute atomic E-state index is 0.770. The Bertz CT molecular complexity index is 356. The van der Waals surface area contributed by atoms with Crippen molar-refractivity contribution in [2.75, 3.05) is 11.9 Å². The Hall–Kier alpha value is -0.980. The number of nitrogens with one attached hydrogen (secondary N) is 1. The molecule has 1 aromatic carbocycles. The van der Waals surface area contributed by atoms with Gasteiger partial charge in [-0.05, 0) is 35.8 Å². The molecule has 1 nitrogen and oxygen atoms in total. The highest BCUT2D eigenvalue weighted by molar-refractivity contribution is 5.59. The predicted octanol–water partition coefficient (Wildman–Crippen LogP) is 3.88. The summed E-state index contributed by atoms with van der Waals surface area (Å²) in [4.78, 5) is 0. The summed E-state index contributed by atoms with van der Waals surface area (Å²) >= 11 is 0. The van der Waals surface area contributed by atoms with Gasteiger partial charge >= 0.3 is 0 Å². The molecule has 2 unspecified atom stereocenters. The highest BCUT2D eigenvalue weighted by atomic mass is 14.9. The molecule has 1 aliphatic rings. The van der Waals surface area contributed by atoms with Gasteiger partial charge in [0.15, 0.2) is 0 Å². The molecule has 0 aromatic heterocycles. The maximum absolute atomic E-state index is 3.61. The summed E-state index contributed by atoms with van der Waals surface area (Å²) in [5, 5.41) is 3.61. The Morgan fingerprint density at radius 3 is 3.00 bits per heavy atom. The highest BCUT2D eigenvalue weighted by Crippen LogP contribution is 2.30. The Morgan fingerprint density at radius 1 is 1.44 bits per heavy atom. The standard InChI is InChI=1S/C15H23N/c1-4-11(2)8-13-6-5-7-14-9-12(3)10-16-15(13)14/h5-7,11-12,16H,4,8-10H2,1-3H3. The van der Waals surface area contributed by atoms with Gasteiger partial charge in [-0.3, -0.25) is 0 Å². The second-order valence-corrected chi connectivity index (χ2v) is 5.36. The Kier molecular flexibility index (Phi) is 3.52. The topological polar surface area (TPSA) is 12.0 Å². The van der Waals surface area contributed by atoms with Crippen LogP contribution in [0.15, 0.2) is 18.2 Å². The largest absolute Gasteiger partial charge is 0.384 e. The zero-order valence-corrected chi connectivity index (χ0v) is 10.7. The van der Waals surface area contributed by atoms with Gasteiger partial charge in [0.05, 0.1) is 0 Å². The maximum atomic E-state index is 3.61. The number of benzene rings is 1. The summed E-state index contributed by atoms with van der Waals surface area (Å²) in [6, 6.07) is 6.78. The lowest BCUT2D eigenvalue weighted by Crippen LogP contribution is -2.22. The minimum Gasteiger partial charge on any atom is -0.384 e. The van der Waals surface area contributed by atoms with Crippen LogP contribution < -0.4 is 5.32 Å². The van der Waals surface area contributed by atoms with Crippen molar-refractivity contribution in [3.05, 3.63) is 29.3 Å². The number of para-hydroxylation sites is 1. The lowest BCUT2D eigenvalue weighted by molar-refractivity contribution is 0.555. The van der Waals surface area contributed by atoms with Crippen molar-refractivity contribution in [1.29, 1.82) is 0 Å². The van der Waals surface area contributed by atoms with Gasteiger partial charge in [-0.15, -0.1) is 0 Å². The quantitative estimate of drug-likeness (QED) is 0.810. The summed E-state index contributed by atoms with van der Waals surface area (Å²) < 4.78 is 0. The zero-order valence-electron chi connectivity index (χ0n) is 10.7. The van der Waals surface area contributed by atoms with Crippen LogP contribution in [-0.4, -0.2) is 6.54 Å². The van der Waals surface area contributed by atoms with Crippen LogP contribution in [0.1, 0.15) is 38.3 Å². The third-order valence-electron chi connectivity index (χ3n) is 3.70. The minimum atomic E-state index is 0.770. The molecule has 1 heterocycles. The maximum Gasteiger partial charge on any atom is 0.0405 e. The van der Waals surface area contributed by atoms with E-state index in [4.69, 9.17) is 0 Å².